The average molecular weight is 535 g/mol. The van der Waals surface area contributed by atoms with Crippen molar-refractivity contribution in [1.82, 2.24) is 4.57 Å². The number of carbonyl (C=O) groups excluding carboxylic acids is 1. The Bertz CT molecular complexity index is 1760. The maximum atomic E-state index is 13.6. The first-order chi connectivity index (χ1) is 17.8. The van der Waals surface area contributed by atoms with Crippen molar-refractivity contribution >= 4 is 41.0 Å². The third kappa shape index (κ3) is 4.54. The maximum absolute atomic E-state index is 13.6. The zero-order chi connectivity index (χ0) is 26.3. The van der Waals surface area contributed by atoms with Crippen LogP contribution >= 0.6 is 22.9 Å². The summed E-state index contributed by atoms with van der Waals surface area (Å²) >= 11 is 7.24. The van der Waals surface area contributed by atoms with Gasteiger partial charge in [-0.3, -0.25) is 9.36 Å². The molecule has 1 N–H and O–H groups in total. The first kappa shape index (κ1) is 24.5. The number of allylic oxidation sites excluding steroid dienone is 1. The molecule has 186 valence electrons. The molecule has 0 saturated heterocycles. The molecule has 8 nitrogen and oxygen atoms in total. The molecule has 4 aromatic rings. The van der Waals surface area contributed by atoms with E-state index in [0.717, 1.165) is 0 Å². The molecule has 2 aromatic heterocycles. The van der Waals surface area contributed by atoms with E-state index in [1.807, 2.05) is 0 Å². The van der Waals surface area contributed by atoms with E-state index in [1.165, 1.54) is 35.1 Å². The number of esters is 1. The Hall–Kier alpha value is -4.21. The molecule has 37 heavy (non-hydrogen) atoms. The molecule has 2 aromatic carbocycles. The van der Waals surface area contributed by atoms with Crippen LogP contribution in [0.2, 0.25) is 5.02 Å². The predicted octanol–water partition coefficient (Wildman–Crippen LogP) is 4.02. The van der Waals surface area contributed by atoms with Crippen LogP contribution in [0.25, 0.3) is 17.4 Å². The van der Waals surface area contributed by atoms with Crippen molar-refractivity contribution in [2.75, 3.05) is 7.11 Å². The van der Waals surface area contributed by atoms with Crippen LogP contribution in [0.1, 0.15) is 34.6 Å². The van der Waals surface area contributed by atoms with Crippen molar-refractivity contribution in [3.63, 3.8) is 0 Å². The van der Waals surface area contributed by atoms with E-state index < -0.39 is 18.0 Å². The van der Waals surface area contributed by atoms with Crippen LogP contribution < -0.4 is 14.9 Å². The molecular weight excluding hydrogens is 516 g/mol. The number of aromatic carboxylic acids is 1. The molecule has 1 atom stereocenters. The van der Waals surface area contributed by atoms with Crippen LogP contribution in [0, 0.1) is 0 Å². The highest BCUT2D eigenvalue weighted by molar-refractivity contribution is 7.07. The van der Waals surface area contributed by atoms with E-state index in [-0.39, 0.29) is 16.7 Å². The SMILES string of the molecule is COC(=O)C1=C(C)N=c2s/c(=C\c3ccc(-c4cccc(C(=O)O)c4)o3)c(=O)n2[C@@H]1c1ccc(Cl)cc1. The maximum Gasteiger partial charge on any atom is 0.338 e. The number of hydrogen-bond donors (Lipinski definition) is 1. The van der Waals surface area contributed by atoms with E-state index >= 15 is 0 Å². The minimum atomic E-state index is -1.04. The van der Waals surface area contributed by atoms with Crippen molar-refractivity contribution in [3.8, 4) is 11.3 Å². The fourth-order valence-corrected chi connectivity index (χ4v) is 5.33. The van der Waals surface area contributed by atoms with E-state index in [1.54, 1.807) is 61.5 Å². The number of carbonyl (C=O) groups is 2. The third-order valence-electron chi connectivity index (χ3n) is 5.91. The quantitative estimate of drug-likeness (QED) is 0.387. The third-order valence-corrected chi connectivity index (χ3v) is 7.14. The van der Waals surface area contributed by atoms with Crippen LogP contribution in [-0.4, -0.2) is 28.7 Å². The van der Waals surface area contributed by atoms with Crippen LogP contribution in [0.3, 0.4) is 0 Å². The number of halogens is 1. The molecule has 1 aliphatic heterocycles. The molecule has 0 saturated carbocycles. The van der Waals surface area contributed by atoms with Gasteiger partial charge < -0.3 is 14.3 Å². The first-order valence-electron chi connectivity index (χ1n) is 11.1. The second-order valence-corrected chi connectivity index (χ2v) is 9.66. The lowest BCUT2D eigenvalue weighted by atomic mass is 9.96. The molecule has 10 heteroatoms. The Morgan fingerprint density at radius 3 is 2.62 bits per heavy atom. The van der Waals surface area contributed by atoms with Gasteiger partial charge in [-0.2, -0.15) is 0 Å². The second-order valence-electron chi connectivity index (χ2n) is 8.21. The highest BCUT2D eigenvalue weighted by atomic mass is 35.5. The fraction of sp³-hybridized carbons (Fsp3) is 0.111. The standard InChI is InChI=1S/C27H19ClN2O6S/c1-14-22(26(34)35-2)23(15-6-8-18(28)9-7-15)30-24(31)21(37-27(30)29-14)13-19-10-11-20(36-19)16-4-3-5-17(12-16)25(32)33/h3-13,23H,1-2H3,(H,32,33)/b21-13-/t23-/m1/s1. The fourth-order valence-electron chi connectivity index (χ4n) is 4.17. The molecule has 0 bridgehead atoms. The number of rotatable bonds is 5. The number of thiazole rings is 1. The van der Waals surface area contributed by atoms with Crippen LogP contribution in [0.15, 0.2) is 86.1 Å². The van der Waals surface area contributed by atoms with Crippen LogP contribution in [0.4, 0.5) is 0 Å². The minimum Gasteiger partial charge on any atom is -0.478 e. The van der Waals surface area contributed by atoms with E-state index in [0.29, 0.717) is 42.7 Å². The largest absolute Gasteiger partial charge is 0.478 e. The molecular formula is C27H19ClN2O6S. The zero-order valence-corrected chi connectivity index (χ0v) is 21.2. The van der Waals surface area contributed by atoms with Gasteiger partial charge >= 0.3 is 11.9 Å². The van der Waals surface area contributed by atoms with Gasteiger partial charge in [-0.05, 0) is 48.9 Å². The predicted molar refractivity (Wildman–Crippen MR) is 138 cm³/mol. The molecule has 0 aliphatic carbocycles. The summed E-state index contributed by atoms with van der Waals surface area (Å²) in [6.07, 6.45) is 1.60. The van der Waals surface area contributed by atoms with Gasteiger partial charge in [0, 0.05) is 16.7 Å². The number of methoxy groups -OCH3 is 1. The summed E-state index contributed by atoms with van der Waals surface area (Å²) in [5.41, 5.74) is 1.80. The summed E-state index contributed by atoms with van der Waals surface area (Å²) in [7, 11) is 1.29. The Kier molecular flexibility index (Phi) is 6.41. The van der Waals surface area contributed by atoms with Crippen LogP contribution in [-0.2, 0) is 9.53 Å². The Morgan fingerprint density at radius 1 is 1.16 bits per heavy atom. The summed E-state index contributed by atoms with van der Waals surface area (Å²) in [5, 5.41) is 9.78. The summed E-state index contributed by atoms with van der Waals surface area (Å²) in [5.74, 6) is -0.737. The minimum absolute atomic E-state index is 0.141. The Balaban J connectivity index is 1.62. The number of ether oxygens (including phenoxy) is 1. The molecule has 0 radical (unpaired) electrons. The number of nitrogens with zero attached hydrogens (tertiary/aromatic N) is 2. The van der Waals surface area contributed by atoms with Gasteiger partial charge in [-0.25, -0.2) is 14.6 Å². The monoisotopic (exact) mass is 534 g/mol. The van der Waals surface area contributed by atoms with E-state index in [9.17, 15) is 19.5 Å². The normalized spacial score (nSPS) is 15.3. The lowest BCUT2D eigenvalue weighted by Gasteiger charge is -2.24. The molecule has 1 aliphatic rings. The van der Waals surface area contributed by atoms with E-state index in [2.05, 4.69) is 4.99 Å². The molecule has 0 unspecified atom stereocenters. The molecule has 0 amide bonds. The second kappa shape index (κ2) is 9.68. The number of furan rings is 1. The molecule has 0 fully saturated rings. The number of hydrogen-bond acceptors (Lipinski definition) is 7. The topological polar surface area (TPSA) is 111 Å². The Morgan fingerprint density at radius 2 is 1.92 bits per heavy atom. The summed E-state index contributed by atoms with van der Waals surface area (Å²) in [6, 6.07) is 16.0. The number of benzene rings is 2. The van der Waals surface area contributed by atoms with Crippen molar-refractivity contribution in [2.24, 2.45) is 4.99 Å². The van der Waals surface area contributed by atoms with Crippen molar-refractivity contribution in [1.29, 1.82) is 0 Å². The van der Waals surface area contributed by atoms with Gasteiger partial charge in [0.1, 0.15) is 11.5 Å². The number of carboxylic acid groups (broad SMARTS) is 1. The lowest BCUT2D eigenvalue weighted by molar-refractivity contribution is -0.136. The average Bonchev–Trinajstić information content (AvgIpc) is 3.48. The van der Waals surface area contributed by atoms with Crippen molar-refractivity contribution in [3.05, 3.63) is 114 Å². The summed E-state index contributed by atoms with van der Waals surface area (Å²) in [6.45, 7) is 1.70. The van der Waals surface area contributed by atoms with E-state index in [4.69, 9.17) is 20.8 Å². The Labute approximate surface area is 219 Å². The number of aromatic nitrogens is 1. The van der Waals surface area contributed by atoms with Gasteiger partial charge in [0.2, 0.25) is 0 Å². The highest BCUT2D eigenvalue weighted by Crippen LogP contribution is 2.31. The van der Waals surface area contributed by atoms with Gasteiger partial charge in [-0.15, -0.1) is 0 Å². The molecule has 0 spiro atoms. The van der Waals surface area contributed by atoms with Crippen molar-refractivity contribution in [2.45, 2.75) is 13.0 Å². The highest BCUT2D eigenvalue weighted by Gasteiger charge is 2.33. The summed E-state index contributed by atoms with van der Waals surface area (Å²) in [4.78, 5) is 42.6. The number of carboxylic acids is 1. The molecule has 3 heterocycles. The van der Waals surface area contributed by atoms with Gasteiger partial charge in [0.05, 0.1) is 34.5 Å². The van der Waals surface area contributed by atoms with Gasteiger partial charge in [-0.1, -0.05) is 47.2 Å². The summed E-state index contributed by atoms with van der Waals surface area (Å²) < 4.78 is 12.7. The lowest BCUT2D eigenvalue weighted by Crippen LogP contribution is -2.39. The number of fused-ring (bicyclic) bond motifs is 1. The first-order valence-corrected chi connectivity index (χ1v) is 12.3. The smallest absolute Gasteiger partial charge is 0.338 e. The van der Waals surface area contributed by atoms with Crippen LogP contribution in [0.5, 0.6) is 0 Å². The van der Waals surface area contributed by atoms with Gasteiger partial charge in [0.25, 0.3) is 5.56 Å². The van der Waals surface area contributed by atoms with Gasteiger partial charge in [0.15, 0.2) is 4.80 Å². The zero-order valence-electron chi connectivity index (χ0n) is 19.6. The molecule has 5 rings (SSSR count). The van der Waals surface area contributed by atoms with Crippen molar-refractivity contribution < 1.29 is 23.8 Å².